The largest absolute Gasteiger partial charge is 0.412 e. The second-order valence-corrected chi connectivity index (χ2v) is 2.83. The van der Waals surface area contributed by atoms with Crippen LogP contribution in [0.15, 0.2) is 30.5 Å². The SMILES string of the molecule is CNC(=O)Oc1cccc2[nH]ccc12. The highest BCUT2D eigenvalue weighted by molar-refractivity contribution is 5.88. The number of hydrogen-bond donors (Lipinski definition) is 2. The third-order valence-corrected chi connectivity index (χ3v) is 1.96. The minimum atomic E-state index is -0.460. The first-order valence-corrected chi connectivity index (χ1v) is 4.27. The van der Waals surface area contributed by atoms with Gasteiger partial charge in [-0.05, 0) is 18.2 Å². The van der Waals surface area contributed by atoms with Crippen LogP contribution in [0.2, 0.25) is 0 Å². The highest BCUT2D eigenvalue weighted by atomic mass is 16.6. The summed E-state index contributed by atoms with van der Waals surface area (Å²) >= 11 is 0. The number of rotatable bonds is 1. The molecule has 2 rings (SSSR count). The Morgan fingerprint density at radius 2 is 2.29 bits per heavy atom. The molecular formula is C10H10N2O2. The highest BCUT2D eigenvalue weighted by Crippen LogP contribution is 2.24. The highest BCUT2D eigenvalue weighted by Gasteiger charge is 2.05. The molecular weight excluding hydrogens is 180 g/mol. The minimum Gasteiger partial charge on any atom is -0.410 e. The zero-order valence-electron chi connectivity index (χ0n) is 7.70. The number of hydrogen-bond acceptors (Lipinski definition) is 2. The van der Waals surface area contributed by atoms with Gasteiger partial charge in [0.25, 0.3) is 0 Å². The molecule has 72 valence electrons. The Kier molecular flexibility index (Phi) is 2.10. The molecule has 1 amide bonds. The fourth-order valence-electron chi connectivity index (χ4n) is 1.30. The van der Waals surface area contributed by atoms with E-state index < -0.39 is 6.09 Å². The van der Waals surface area contributed by atoms with Crippen molar-refractivity contribution in [3.05, 3.63) is 30.5 Å². The monoisotopic (exact) mass is 190 g/mol. The first-order valence-electron chi connectivity index (χ1n) is 4.27. The number of amides is 1. The quantitative estimate of drug-likeness (QED) is 0.721. The lowest BCUT2D eigenvalue weighted by atomic mass is 10.2. The molecule has 4 heteroatoms. The van der Waals surface area contributed by atoms with Crippen LogP contribution in [0.25, 0.3) is 10.9 Å². The molecule has 0 saturated carbocycles. The average molecular weight is 190 g/mol. The van der Waals surface area contributed by atoms with E-state index in [1.807, 2.05) is 18.2 Å². The molecule has 1 heterocycles. The van der Waals surface area contributed by atoms with Gasteiger partial charge in [0, 0.05) is 24.1 Å². The lowest BCUT2D eigenvalue weighted by Crippen LogP contribution is -2.22. The van der Waals surface area contributed by atoms with Gasteiger partial charge in [-0.2, -0.15) is 0 Å². The van der Waals surface area contributed by atoms with E-state index in [2.05, 4.69) is 10.3 Å². The van der Waals surface area contributed by atoms with Gasteiger partial charge in [0.2, 0.25) is 0 Å². The van der Waals surface area contributed by atoms with Crippen LogP contribution >= 0.6 is 0 Å². The molecule has 0 radical (unpaired) electrons. The molecule has 0 saturated heterocycles. The van der Waals surface area contributed by atoms with Crippen molar-refractivity contribution in [2.75, 3.05) is 7.05 Å². The van der Waals surface area contributed by atoms with Gasteiger partial charge in [-0.3, -0.25) is 0 Å². The van der Waals surface area contributed by atoms with Crippen molar-refractivity contribution in [3.63, 3.8) is 0 Å². The standard InChI is InChI=1S/C10H10N2O2/c1-11-10(13)14-9-4-2-3-8-7(9)5-6-12-8/h2-6,12H,1H3,(H,11,13). The second-order valence-electron chi connectivity index (χ2n) is 2.83. The Bertz CT molecular complexity index is 462. The summed E-state index contributed by atoms with van der Waals surface area (Å²) in [4.78, 5) is 14.0. The van der Waals surface area contributed by atoms with E-state index in [0.717, 1.165) is 10.9 Å². The van der Waals surface area contributed by atoms with E-state index in [9.17, 15) is 4.79 Å². The number of nitrogens with one attached hydrogen (secondary N) is 2. The Hall–Kier alpha value is -1.97. The van der Waals surface area contributed by atoms with Crippen molar-refractivity contribution in [2.24, 2.45) is 0 Å². The van der Waals surface area contributed by atoms with Crippen LogP contribution in [-0.2, 0) is 0 Å². The van der Waals surface area contributed by atoms with Crippen LogP contribution < -0.4 is 10.1 Å². The van der Waals surface area contributed by atoms with Crippen LogP contribution in [0.4, 0.5) is 4.79 Å². The lowest BCUT2D eigenvalue weighted by Gasteiger charge is -2.03. The van der Waals surface area contributed by atoms with Crippen LogP contribution in [-0.4, -0.2) is 18.1 Å². The van der Waals surface area contributed by atoms with E-state index >= 15 is 0 Å². The van der Waals surface area contributed by atoms with Gasteiger partial charge in [0.1, 0.15) is 5.75 Å². The van der Waals surface area contributed by atoms with E-state index in [-0.39, 0.29) is 0 Å². The van der Waals surface area contributed by atoms with Crippen LogP contribution in [0.1, 0.15) is 0 Å². The molecule has 0 aliphatic carbocycles. The van der Waals surface area contributed by atoms with Crippen molar-refractivity contribution >= 4 is 17.0 Å². The van der Waals surface area contributed by atoms with Crippen molar-refractivity contribution in [2.45, 2.75) is 0 Å². The summed E-state index contributed by atoms with van der Waals surface area (Å²) < 4.78 is 5.07. The van der Waals surface area contributed by atoms with Gasteiger partial charge >= 0.3 is 6.09 Å². The number of carbonyl (C=O) groups excluding carboxylic acids is 1. The molecule has 0 atom stereocenters. The molecule has 0 unspecified atom stereocenters. The number of H-pyrrole nitrogens is 1. The maximum atomic E-state index is 11.0. The number of aromatic nitrogens is 1. The van der Waals surface area contributed by atoms with Crippen molar-refractivity contribution in [1.29, 1.82) is 0 Å². The molecule has 0 bridgehead atoms. The van der Waals surface area contributed by atoms with Crippen LogP contribution in [0.5, 0.6) is 5.75 Å². The first-order chi connectivity index (χ1) is 6.81. The maximum Gasteiger partial charge on any atom is 0.412 e. The van der Waals surface area contributed by atoms with Gasteiger partial charge in [-0.1, -0.05) is 6.07 Å². The summed E-state index contributed by atoms with van der Waals surface area (Å²) in [6, 6.07) is 7.38. The van der Waals surface area contributed by atoms with E-state index in [1.165, 1.54) is 7.05 Å². The predicted molar refractivity (Wildman–Crippen MR) is 53.4 cm³/mol. The van der Waals surface area contributed by atoms with Gasteiger partial charge in [-0.25, -0.2) is 4.79 Å². The maximum absolute atomic E-state index is 11.0. The number of fused-ring (bicyclic) bond motifs is 1. The molecule has 2 aromatic rings. The number of carbonyl (C=O) groups is 1. The van der Waals surface area contributed by atoms with Gasteiger partial charge in [0.15, 0.2) is 0 Å². The van der Waals surface area contributed by atoms with Crippen LogP contribution in [0.3, 0.4) is 0 Å². The Morgan fingerprint density at radius 1 is 1.43 bits per heavy atom. The molecule has 14 heavy (non-hydrogen) atoms. The van der Waals surface area contributed by atoms with Gasteiger partial charge < -0.3 is 15.0 Å². The summed E-state index contributed by atoms with van der Waals surface area (Å²) in [7, 11) is 1.53. The molecule has 1 aromatic carbocycles. The van der Waals surface area contributed by atoms with E-state index in [1.54, 1.807) is 12.3 Å². The Balaban J connectivity index is 2.41. The Morgan fingerprint density at radius 3 is 3.07 bits per heavy atom. The van der Waals surface area contributed by atoms with Crippen LogP contribution in [0, 0.1) is 0 Å². The molecule has 0 spiro atoms. The molecule has 0 fully saturated rings. The van der Waals surface area contributed by atoms with Crippen molar-refractivity contribution < 1.29 is 9.53 Å². The normalized spacial score (nSPS) is 10.1. The number of aromatic amines is 1. The van der Waals surface area contributed by atoms with Gasteiger partial charge in [0.05, 0.1) is 0 Å². The molecule has 0 aliphatic heterocycles. The van der Waals surface area contributed by atoms with Crippen molar-refractivity contribution in [3.8, 4) is 5.75 Å². The van der Waals surface area contributed by atoms with E-state index in [0.29, 0.717) is 5.75 Å². The first kappa shape index (κ1) is 8.62. The summed E-state index contributed by atoms with van der Waals surface area (Å²) in [5, 5.41) is 3.30. The summed E-state index contributed by atoms with van der Waals surface area (Å²) in [6.07, 6.45) is 1.35. The lowest BCUT2D eigenvalue weighted by molar-refractivity contribution is 0.203. The zero-order chi connectivity index (χ0) is 9.97. The summed E-state index contributed by atoms with van der Waals surface area (Å²) in [5.41, 5.74) is 0.950. The number of ether oxygens (including phenoxy) is 1. The predicted octanol–water partition coefficient (Wildman–Crippen LogP) is 1.89. The fraction of sp³-hybridized carbons (Fsp3) is 0.100. The summed E-state index contributed by atoms with van der Waals surface area (Å²) in [5.74, 6) is 0.558. The third kappa shape index (κ3) is 1.42. The minimum absolute atomic E-state index is 0.460. The molecule has 0 aliphatic rings. The molecule has 4 nitrogen and oxygen atoms in total. The zero-order valence-corrected chi connectivity index (χ0v) is 7.70. The van der Waals surface area contributed by atoms with Gasteiger partial charge in [-0.15, -0.1) is 0 Å². The second kappa shape index (κ2) is 3.41. The average Bonchev–Trinajstić information content (AvgIpc) is 2.66. The fourth-order valence-corrected chi connectivity index (χ4v) is 1.30. The molecule has 1 aromatic heterocycles. The third-order valence-electron chi connectivity index (χ3n) is 1.96. The topological polar surface area (TPSA) is 54.1 Å². The van der Waals surface area contributed by atoms with E-state index in [4.69, 9.17) is 4.74 Å². The smallest absolute Gasteiger partial charge is 0.410 e. The van der Waals surface area contributed by atoms with Crippen molar-refractivity contribution in [1.82, 2.24) is 10.3 Å². The summed E-state index contributed by atoms with van der Waals surface area (Å²) in [6.45, 7) is 0. The molecule has 2 N–H and O–H groups in total. The Labute approximate surface area is 80.9 Å². The number of benzene rings is 1.